The van der Waals surface area contributed by atoms with Gasteiger partial charge in [0.1, 0.15) is 5.82 Å². The van der Waals surface area contributed by atoms with E-state index in [2.05, 4.69) is 10.3 Å². The van der Waals surface area contributed by atoms with Crippen LogP contribution in [0, 0.1) is 5.92 Å². The summed E-state index contributed by atoms with van der Waals surface area (Å²) in [5.41, 5.74) is 5.48. The van der Waals surface area contributed by atoms with Gasteiger partial charge < -0.3 is 15.8 Å². The second-order valence-electron chi connectivity index (χ2n) is 5.41. The van der Waals surface area contributed by atoms with E-state index < -0.39 is 15.9 Å². The zero-order chi connectivity index (χ0) is 16.3. The number of rotatable bonds is 6. The molecule has 1 amide bonds. The van der Waals surface area contributed by atoms with Gasteiger partial charge >= 0.3 is 0 Å². The lowest BCUT2D eigenvalue weighted by Gasteiger charge is -2.21. The lowest BCUT2D eigenvalue weighted by Crippen LogP contribution is -2.37. The van der Waals surface area contributed by atoms with E-state index in [0.29, 0.717) is 24.6 Å². The van der Waals surface area contributed by atoms with Gasteiger partial charge in [0.15, 0.2) is 0 Å². The van der Waals surface area contributed by atoms with Crippen molar-refractivity contribution in [2.24, 2.45) is 11.7 Å². The molecule has 1 aliphatic heterocycles. The number of ether oxygens (including phenoxy) is 1. The van der Waals surface area contributed by atoms with Crippen molar-refractivity contribution in [3.05, 3.63) is 23.9 Å². The predicted octanol–water partition coefficient (Wildman–Crippen LogP) is -0.501. The summed E-state index contributed by atoms with van der Waals surface area (Å²) in [5.74, 6) is -0.146. The Balaban J connectivity index is 2.03. The number of amides is 1. The van der Waals surface area contributed by atoms with Gasteiger partial charge in [-0.3, -0.25) is 4.79 Å². The number of nitrogens with zero attached hydrogens (tertiary/aromatic N) is 2. The Kier molecular flexibility index (Phi) is 4.99. The summed E-state index contributed by atoms with van der Waals surface area (Å²) >= 11 is 0. The molecule has 0 bridgehead atoms. The molecule has 22 heavy (non-hydrogen) atoms. The van der Waals surface area contributed by atoms with Gasteiger partial charge in [0.2, 0.25) is 15.9 Å². The molecular weight excluding hydrogens is 308 g/mol. The van der Waals surface area contributed by atoms with E-state index in [-0.39, 0.29) is 17.7 Å². The van der Waals surface area contributed by atoms with Gasteiger partial charge in [0.25, 0.3) is 0 Å². The van der Waals surface area contributed by atoms with Crippen LogP contribution in [0.5, 0.6) is 0 Å². The number of nitrogens with two attached hydrogens (primary N) is 1. The first-order chi connectivity index (χ1) is 10.3. The van der Waals surface area contributed by atoms with E-state index in [9.17, 15) is 13.2 Å². The van der Waals surface area contributed by atoms with Gasteiger partial charge in [0, 0.05) is 26.2 Å². The lowest BCUT2D eigenvalue weighted by atomic mass is 10.1. The van der Waals surface area contributed by atoms with Crippen LogP contribution in [0.25, 0.3) is 0 Å². The van der Waals surface area contributed by atoms with Crippen molar-refractivity contribution in [3.63, 3.8) is 0 Å². The van der Waals surface area contributed by atoms with Crippen molar-refractivity contribution in [2.45, 2.75) is 6.04 Å². The van der Waals surface area contributed by atoms with Crippen molar-refractivity contribution >= 4 is 21.7 Å². The van der Waals surface area contributed by atoms with E-state index in [0.717, 1.165) is 0 Å². The molecule has 3 N–H and O–H groups in total. The van der Waals surface area contributed by atoms with Crippen molar-refractivity contribution in [2.75, 3.05) is 38.4 Å². The molecule has 2 heterocycles. The number of carbonyl (C=O) groups excluding carboxylic acids is 1. The molecule has 8 nitrogen and oxygen atoms in total. The Morgan fingerprint density at radius 3 is 2.73 bits per heavy atom. The molecular formula is C13H20N4O4S. The minimum atomic E-state index is -3.29. The van der Waals surface area contributed by atoms with Crippen LogP contribution < -0.4 is 11.1 Å². The highest BCUT2D eigenvalue weighted by Gasteiger charge is 2.33. The molecule has 2 rings (SSSR count). The minimum Gasteiger partial charge on any atom is -0.379 e. The molecule has 2 atom stereocenters. The van der Waals surface area contributed by atoms with Crippen molar-refractivity contribution in [3.8, 4) is 0 Å². The van der Waals surface area contributed by atoms with Gasteiger partial charge in [-0.1, -0.05) is 0 Å². The van der Waals surface area contributed by atoms with Crippen LogP contribution in [0.15, 0.2) is 18.3 Å². The topological polar surface area (TPSA) is 115 Å². The first-order valence-electron chi connectivity index (χ1n) is 6.80. The summed E-state index contributed by atoms with van der Waals surface area (Å²) in [6, 6.07) is 3.05. The standard InChI is InChI=1S/C13H20N4O4S/c1-17(2)22(19,20)8-10-6-21-7-11(10)16-12-4-3-9(5-15-12)13(14)18/h3-5,10-11H,6-8H2,1-2H3,(H2,14,18)(H,15,16)/t10-,11+/m0/s1. The Bertz CT molecular complexity index is 630. The molecule has 1 aliphatic rings. The quantitative estimate of drug-likeness (QED) is 0.727. The monoisotopic (exact) mass is 328 g/mol. The number of anilines is 1. The summed E-state index contributed by atoms with van der Waals surface area (Å²) in [6.45, 7) is 0.789. The van der Waals surface area contributed by atoms with Crippen LogP contribution in [0.2, 0.25) is 0 Å². The fourth-order valence-electron chi connectivity index (χ4n) is 2.16. The van der Waals surface area contributed by atoms with E-state index >= 15 is 0 Å². The number of sulfonamides is 1. The van der Waals surface area contributed by atoms with Gasteiger partial charge in [0.05, 0.1) is 30.6 Å². The predicted molar refractivity (Wildman–Crippen MR) is 81.9 cm³/mol. The summed E-state index contributed by atoms with van der Waals surface area (Å²) in [5, 5.41) is 3.15. The number of hydrogen-bond donors (Lipinski definition) is 2. The maximum Gasteiger partial charge on any atom is 0.250 e. The Morgan fingerprint density at radius 2 is 2.18 bits per heavy atom. The maximum absolute atomic E-state index is 12.0. The highest BCUT2D eigenvalue weighted by Crippen LogP contribution is 2.20. The second-order valence-corrected chi connectivity index (χ2v) is 7.63. The van der Waals surface area contributed by atoms with Crippen LogP contribution in [0.3, 0.4) is 0 Å². The summed E-state index contributed by atoms with van der Waals surface area (Å²) in [6.07, 6.45) is 1.38. The highest BCUT2D eigenvalue weighted by atomic mass is 32.2. The lowest BCUT2D eigenvalue weighted by molar-refractivity contribution is 0.1000. The number of nitrogens with one attached hydrogen (secondary N) is 1. The molecule has 0 saturated carbocycles. The SMILES string of the molecule is CN(C)S(=O)(=O)C[C@@H]1COC[C@H]1Nc1ccc(C(N)=O)cn1. The molecule has 9 heteroatoms. The van der Waals surface area contributed by atoms with Gasteiger partial charge in [-0.15, -0.1) is 0 Å². The van der Waals surface area contributed by atoms with E-state index in [4.69, 9.17) is 10.5 Å². The molecule has 122 valence electrons. The van der Waals surface area contributed by atoms with Crippen LogP contribution >= 0.6 is 0 Å². The third-order valence-corrected chi connectivity index (χ3v) is 5.52. The first-order valence-corrected chi connectivity index (χ1v) is 8.41. The largest absolute Gasteiger partial charge is 0.379 e. The van der Waals surface area contributed by atoms with Crippen LogP contribution in [0.4, 0.5) is 5.82 Å². The average Bonchev–Trinajstić information content (AvgIpc) is 2.85. The zero-order valence-corrected chi connectivity index (χ0v) is 13.3. The molecule has 1 aromatic rings. The van der Waals surface area contributed by atoms with Gasteiger partial charge in [-0.05, 0) is 12.1 Å². The Hall–Kier alpha value is -1.71. The summed E-state index contributed by atoms with van der Waals surface area (Å²) < 4.78 is 30.6. The molecule has 0 unspecified atom stereocenters. The smallest absolute Gasteiger partial charge is 0.250 e. The van der Waals surface area contributed by atoms with Crippen LogP contribution in [-0.4, -0.2) is 62.7 Å². The number of aromatic nitrogens is 1. The Morgan fingerprint density at radius 1 is 1.45 bits per heavy atom. The van der Waals surface area contributed by atoms with Gasteiger partial charge in [-0.2, -0.15) is 0 Å². The molecule has 0 spiro atoms. The van der Waals surface area contributed by atoms with E-state index in [1.165, 1.54) is 24.6 Å². The number of hydrogen-bond acceptors (Lipinski definition) is 6. The van der Waals surface area contributed by atoms with Crippen LogP contribution in [0.1, 0.15) is 10.4 Å². The highest BCUT2D eigenvalue weighted by molar-refractivity contribution is 7.89. The van der Waals surface area contributed by atoms with Crippen molar-refractivity contribution < 1.29 is 17.9 Å². The molecule has 1 saturated heterocycles. The normalized spacial score (nSPS) is 22.0. The summed E-state index contributed by atoms with van der Waals surface area (Å²) in [4.78, 5) is 15.1. The van der Waals surface area contributed by atoms with E-state index in [1.807, 2.05) is 0 Å². The second kappa shape index (κ2) is 6.59. The Labute approximate surface area is 129 Å². The number of carbonyl (C=O) groups is 1. The van der Waals surface area contributed by atoms with Crippen LogP contribution in [-0.2, 0) is 14.8 Å². The first kappa shape index (κ1) is 16.7. The average molecular weight is 328 g/mol. The summed E-state index contributed by atoms with van der Waals surface area (Å²) in [7, 11) is -0.270. The molecule has 0 radical (unpaired) electrons. The fraction of sp³-hybridized carbons (Fsp3) is 0.538. The van der Waals surface area contributed by atoms with Gasteiger partial charge in [-0.25, -0.2) is 17.7 Å². The molecule has 1 aromatic heterocycles. The number of primary amides is 1. The minimum absolute atomic E-state index is 0.0109. The third-order valence-electron chi connectivity index (χ3n) is 3.56. The molecule has 1 fully saturated rings. The number of pyridine rings is 1. The van der Waals surface area contributed by atoms with Crippen molar-refractivity contribution in [1.29, 1.82) is 0 Å². The van der Waals surface area contributed by atoms with E-state index in [1.54, 1.807) is 12.1 Å². The molecule has 0 aromatic carbocycles. The fourth-order valence-corrected chi connectivity index (χ4v) is 3.32. The third kappa shape index (κ3) is 3.93. The van der Waals surface area contributed by atoms with Crippen molar-refractivity contribution in [1.82, 2.24) is 9.29 Å². The maximum atomic E-state index is 12.0. The molecule has 0 aliphatic carbocycles. The zero-order valence-electron chi connectivity index (χ0n) is 12.5.